The van der Waals surface area contributed by atoms with Crippen LogP contribution in [-0.4, -0.2) is 69.5 Å². The topological polar surface area (TPSA) is 95.8 Å². The second-order valence-corrected chi connectivity index (χ2v) is 10.9. The van der Waals surface area contributed by atoms with E-state index >= 15 is 0 Å². The molecule has 1 atom stereocenters. The van der Waals surface area contributed by atoms with Crippen LogP contribution in [0.25, 0.3) is 0 Å². The van der Waals surface area contributed by atoms with Crippen LogP contribution in [0.3, 0.4) is 0 Å². The molecule has 1 aromatic rings. The number of aliphatic imine (C=N–C) groups is 1. The molecule has 1 unspecified atom stereocenters. The van der Waals surface area contributed by atoms with E-state index in [2.05, 4.69) is 37.8 Å². The molecule has 194 valence electrons. The predicted octanol–water partition coefficient (Wildman–Crippen LogP) is 3.63. The number of amidine groups is 1. The van der Waals surface area contributed by atoms with Crippen LogP contribution < -0.4 is 10.1 Å². The molecular weight excluding hydrogens is 466 g/mol. The Morgan fingerprint density at radius 2 is 2.00 bits per heavy atom. The fourth-order valence-corrected chi connectivity index (χ4v) is 6.25. The number of piperidine rings is 1. The lowest BCUT2D eigenvalue weighted by Crippen LogP contribution is -2.52. The smallest absolute Gasteiger partial charge is 0.351 e. The molecule has 0 spiro atoms. The maximum atomic E-state index is 12.5. The van der Waals surface area contributed by atoms with Gasteiger partial charge in [0, 0.05) is 25.6 Å². The highest BCUT2D eigenvalue weighted by Crippen LogP contribution is 2.39. The van der Waals surface area contributed by atoms with Crippen molar-refractivity contribution >= 4 is 22.2 Å². The van der Waals surface area contributed by atoms with Crippen LogP contribution in [0.4, 0.5) is 0 Å². The van der Waals surface area contributed by atoms with E-state index in [1.165, 1.54) is 67.7 Å². The number of fused-ring (bicyclic) bond motifs is 1. The number of benzene rings is 1. The van der Waals surface area contributed by atoms with E-state index < -0.39 is 10.2 Å². The maximum absolute atomic E-state index is 12.5. The number of rotatable bonds is 9. The number of hydrogen-bond acceptors (Lipinski definition) is 6. The van der Waals surface area contributed by atoms with Gasteiger partial charge in [0.25, 0.3) is 0 Å². The van der Waals surface area contributed by atoms with Crippen molar-refractivity contribution in [3.8, 4) is 5.75 Å². The summed E-state index contributed by atoms with van der Waals surface area (Å²) in [6.07, 6.45) is 9.69. The molecule has 10 heteroatoms. The molecule has 0 bridgehead atoms. The lowest BCUT2D eigenvalue weighted by atomic mass is 9.85. The molecule has 3 aliphatic rings. The quantitative estimate of drug-likeness (QED) is 0.515. The minimum Gasteiger partial charge on any atom is -0.493 e. The summed E-state index contributed by atoms with van der Waals surface area (Å²) in [5.41, 5.74) is 2.79. The van der Waals surface area contributed by atoms with Gasteiger partial charge in [0.2, 0.25) is 5.96 Å². The molecule has 1 aliphatic carbocycles. The normalized spacial score (nSPS) is 23.4. The standard InChI is InChI=1S/C25H39N5O4S/c1-3-4-18-30-24(27-25(33-2)28-35(30,31)32)26-15-10-19-34-23-14-9-11-20-21(23)12-8-13-22(20)29-16-6-5-7-17-29/h9,11,14,22H,3-8,10,12-13,15-19H2,1-2H3,(H,26,27,28). The fraction of sp³-hybridized carbons (Fsp3) is 0.680. The van der Waals surface area contributed by atoms with Gasteiger partial charge in [-0.2, -0.15) is 8.42 Å². The molecule has 35 heavy (non-hydrogen) atoms. The van der Waals surface area contributed by atoms with Crippen molar-refractivity contribution in [2.75, 3.05) is 39.9 Å². The Kier molecular flexibility index (Phi) is 8.89. The summed E-state index contributed by atoms with van der Waals surface area (Å²) in [7, 11) is -2.47. The number of likely N-dealkylation sites (tertiary alicyclic amines) is 1. The van der Waals surface area contributed by atoms with Gasteiger partial charge in [-0.05, 0) is 68.8 Å². The molecule has 1 fully saturated rings. The first-order valence-corrected chi connectivity index (χ1v) is 14.4. The highest BCUT2D eigenvalue weighted by Gasteiger charge is 2.32. The lowest BCUT2D eigenvalue weighted by molar-refractivity contribution is 0.147. The van der Waals surface area contributed by atoms with Crippen LogP contribution in [-0.2, 0) is 21.4 Å². The summed E-state index contributed by atoms with van der Waals surface area (Å²) >= 11 is 0. The van der Waals surface area contributed by atoms with Crippen molar-refractivity contribution < 1.29 is 17.9 Å². The minimum absolute atomic E-state index is 0.0630. The van der Waals surface area contributed by atoms with Crippen LogP contribution in [0.2, 0.25) is 0 Å². The molecule has 1 saturated heterocycles. The number of guanidine groups is 1. The fourth-order valence-electron chi connectivity index (χ4n) is 5.14. The van der Waals surface area contributed by atoms with Crippen molar-refractivity contribution in [1.29, 1.82) is 0 Å². The molecule has 2 heterocycles. The number of methoxy groups -OCH3 is 1. The first-order chi connectivity index (χ1) is 17.0. The Morgan fingerprint density at radius 3 is 2.77 bits per heavy atom. The summed E-state index contributed by atoms with van der Waals surface area (Å²) in [5, 5.41) is 2.88. The summed E-state index contributed by atoms with van der Waals surface area (Å²) in [5.74, 6) is 1.24. The van der Waals surface area contributed by atoms with Gasteiger partial charge in [0.1, 0.15) is 5.75 Å². The van der Waals surface area contributed by atoms with Crippen LogP contribution in [0.15, 0.2) is 27.6 Å². The van der Waals surface area contributed by atoms with Crippen LogP contribution >= 0.6 is 0 Å². The number of ether oxygens (including phenoxy) is 2. The van der Waals surface area contributed by atoms with Gasteiger partial charge in [-0.15, -0.1) is 0 Å². The van der Waals surface area contributed by atoms with Crippen molar-refractivity contribution in [3.63, 3.8) is 0 Å². The van der Waals surface area contributed by atoms with Crippen LogP contribution in [0.1, 0.15) is 75.5 Å². The highest BCUT2D eigenvalue weighted by atomic mass is 32.2. The zero-order valence-corrected chi connectivity index (χ0v) is 21.9. The van der Waals surface area contributed by atoms with Crippen LogP contribution in [0, 0.1) is 0 Å². The Bertz CT molecular complexity index is 1020. The molecule has 2 aliphatic heterocycles. The van der Waals surface area contributed by atoms with E-state index in [0.717, 1.165) is 25.0 Å². The van der Waals surface area contributed by atoms with Crippen molar-refractivity contribution in [2.24, 2.45) is 9.39 Å². The summed E-state index contributed by atoms with van der Waals surface area (Å²) in [6, 6.07) is 6.92. The SMILES string of the molecule is CCCCN1C(=NCCCOc2cccc3c2CCCC3N2CCCCC2)NC(OC)=NS1(=O)=O. The first kappa shape index (κ1) is 25.8. The van der Waals surface area contributed by atoms with E-state index in [1.54, 1.807) is 0 Å². The van der Waals surface area contributed by atoms with Crippen molar-refractivity contribution in [2.45, 2.75) is 70.8 Å². The van der Waals surface area contributed by atoms with Crippen LogP contribution in [0.5, 0.6) is 5.75 Å². The van der Waals surface area contributed by atoms with E-state index in [0.29, 0.717) is 32.2 Å². The van der Waals surface area contributed by atoms with Gasteiger partial charge >= 0.3 is 16.2 Å². The maximum Gasteiger partial charge on any atom is 0.351 e. The van der Waals surface area contributed by atoms with E-state index in [-0.39, 0.29) is 12.0 Å². The summed E-state index contributed by atoms with van der Waals surface area (Å²) in [6.45, 7) is 5.70. The number of nitrogens with one attached hydrogen (secondary N) is 1. The highest BCUT2D eigenvalue weighted by molar-refractivity contribution is 7.88. The largest absolute Gasteiger partial charge is 0.493 e. The van der Waals surface area contributed by atoms with Gasteiger partial charge in [0.15, 0.2) is 0 Å². The zero-order valence-electron chi connectivity index (χ0n) is 21.0. The average Bonchev–Trinajstić information content (AvgIpc) is 2.87. The minimum atomic E-state index is -3.85. The summed E-state index contributed by atoms with van der Waals surface area (Å²) in [4.78, 5) is 7.17. The number of hydrogen-bond donors (Lipinski definition) is 1. The predicted molar refractivity (Wildman–Crippen MR) is 138 cm³/mol. The average molecular weight is 506 g/mol. The number of unbranched alkanes of at least 4 members (excludes halogenated alkanes) is 1. The molecule has 0 amide bonds. The molecular formula is C25H39N5O4S. The molecule has 9 nitrogen and oxygen atoms in total. The molecule has 1 N–H and O–H groups in total. The van der Waals surface area contributed by atoms with Crippen molar-refractivity contribution in [3.05, 3.63) is 29.3 Å². The van der Waals surface area contributed by atoms with Gasteiger partial charge < -0.3 is 9.47 Å². The van der Waals surface area contributed by atoms with E-state index in [9.17, 15) is 8.42 Å². The molecule has 4 rings (SSSR count). The van der Waals surface area contributed by atoms with Gasteiger partial charge in [-0.25, -0.2) is 4.31 Å². The number of nitrogens with zero attached hydrogens (tertiary/aromatic N) is 4. The zero-order chi connectivity index (χ0) is 24.7. The summed E-state index contributed by atoms with van der Waals surface area (Å²) < 4.78 is 41.2. The second-order valence-electron chi connectivity index (χ2n) is 9.36. The third kappa shape index (κ3) is 6.27. The lowest BCUT2D eigenvalue weighted by Gasteiger charge is -2.38. The van der Waals surface area contributed by atoms with Gasteiger partial charge in [-0.1, -0.05) is 36.3 Å². The molecule has 0 saturated carbocycles. The van der Waals surface area contributed by atoms with E-state index in [1.807, 2.05) is 6.92 Å². The Balaban J connectivity index is 1.37. The third-order valence-electron chi connectivity index (χ3n) is 6.93. The second kappa shape index (κ2) is 12.1. The molecule has 0 radical (unpaired) electrons. The third-order valence-corrected chi connectivity index (χ3v) is 8.23. The first-order valence-electron chi connectivity index (χ1n) is 13.0. The van der Waals surface area contributed by atoms with Gasteiger partial charge in [-0.3, -0.25) is 15.2 Å². The Hall–Kier alpha value is -2.33. The monoisotopic (exact) mass is 505 g/mol. The Morgan fingerprint density at radius 1 is 1.17 bits per heavy atom. The molecule has 0 aromatic heterocycles. The van der Waals surface area contributed by atoms with E-state index in [4.69, 9.17) is 9.47 Å². The van der Waals surface area contributed by atoms with Gasteiger partial charge in [0.05, 0.1) is 13.7 Å². The Labute approximate surface area is 209 Å². The molecule has 1 aromatic carbocycles. The van der Waals surface area contributed by atoms with Crippen molar-refractivity contribution in [1.82, 2.24) is 14.5 Å².